The molecule has 2 aliphatic rings. The number of nitrogens with one attached hydrogen (secondary N) is 1. The van der Waals surface area contributed by atoms with Gasteiger partial charge in [-0.15, -0.1) is 11.3 Å². The summed E-state index contributed by atoms with van der Waals surface area (Å²) in [6.45, 7) is 2.85. The van der Waals surface area contributed by atoms with Gasteiger partial charge in [-0.1, -0.05) is 0 Å². The average Bonchev–Trinajstić information content (AvgIpc) is 3.25. The number of aromatic carboxylic acids is 1. The van der Waals surface area contributed by atoms with E-state index in [9.17, 15) is 24.8 Å². The molecule has 0 saturated heterocycles. The third-order valence-corrected chi connectivity index (χ3v) is 6.42. The van der Waals surface area contributed by atoms with E-state index in [0.717, 1.165) is 29.7 Å². The van der Waals surface area contributed by atoms with Crippen LogP contribution in [0.3, 0.4) is 0 Å². The van der Waals surface area contributed by atoms with E-state index in [1.54, 1.807) is 13.8 Å². The monoisotopic (exact) mass is 425 g/mol. The molecule has 1 aliphatic carbocycles. The van der Waals surface area contributed by atoms with Gasteiger partial charge in [-0.3, -0.25) is 14.5 Å². The van der Waals surface area contributed by atoms with Crippen LogP contribution in [0.2, 0.25) is 0 Å². The van der Waals surface area contributed by atoms with E-state index in [4.69, 9.17) is 4.74 Å². The van der Waals surface area contributed by atoms with E-state index in [1.165, 1.54) is 34.4 Å². The lowest BCUT2D eigenvalue weighted by atomic mass is 10.0. The summed E-state index contributed by atoms with van der Waals surface area (Å²) < 4.78 is 5.72. The number of anilines is 2. The van der Waals surface area contributed by atoms with Crippen LogP contribution in [-0.2, 0) is 22.4 Å². The van der Waals surface area contributed by atoms with Crippen molar-refractivity contribution >= 4 is 39.8 Å². The van der Waals surface area contributed by atoms with Gasteiger partial charge in [0.25, 0.3) is 5.91 Å². The fourth-order valence-corrected chi connectivity index (χ4v) is 5.03. The molecular formula is C21H19N3O5S. The first kappa shape index (κ1) is 19.9. The summed E-state index contributed by atoms with van der Waals surface area (Å²) in [5, 5.41) is 22.0. The van der Waals surface area contributed by atoms with Crippen LogP contribution in [0.25, 0.3) is 0 Å². The number of carboxylic acids is 1. The molecular weight excluding hydrogens is 406 g/mol. The Balaban J connectivity index is 1.63. The first-order chi connectivity index (χ1) is 14.2. The molecule has 2 N–H and O–H groups in total. The normalized spacial score (nSPS) is 16.3. The first-order valence-electron chi connectivity index (χ1n) is 9.44. The lowest BCUT2D eigenvalue weighted by Crippen LogP contribution is -2.54. The van der Waals surface area contributed by atoms with Gasteiger partial charge in [0.15, 0.2) is 5.60 Å². The molecule has 2 amide bonds. The minimum atomic E-state index is -1.21. The van der Waals surface area contributed by atoms with Gasteiger partial charge in [0, 0.05) is 4.88 Å². The number of rotatable bonds is 4. The Labute approximate surface area is 176 Å². The van der Waals surface area contributed by atoms with Gasteiger partial charge < -0.3 is 15.2 Å². The number of hydrogen-bond donors (Lipinski definition) is 2. The Morgan fingerprint density at radius 1 is 1.37 bits per heavy atom. The largest absolute Gasteiger partial charge is 0.478 e. The fourth-order valence-electron chi connectivity index (χ4n) is 3.78. The number of nitriles is 1. The molecule has 1 aromatic carbocycles. The van der Waals surface area contributed by atoms with Gasteiger partial charge in [-0.05, 0) is 56.9 Å². The van der Waals surface area contributed by atoms with Crippen molar-refractivity contribution in [1.29, 1.82) is 5.26 Å². The number of aryl methyl sites for hydroxylation is 1. The molecule has 0 spiro atoms. The maximum Gasteiger partial charge on any atom is 0.335 e. The van der Waals surface area contributed by atoms with Crippen molar-refractivity contribution in [1.82, 2.24) is 0 Å². The summed E-state index contributed by atoms with van der Waals surface area (Å²) in [4.78, 5) is 39.4. The van der Waals surface area contributed by atoms with E-state index < -0.39 is 23.4 Å². The molecule has 30 heavy (non-hydrogen) atoms. The predicted octanol–water partition coefficient (Wildman–Crippen LogP) is 2.95. The van der Waals surface area contributed by atoms with E-state index >= 15 is 0 Å². The summed E-state index contributed by atoms with van der Waals surface area (Å²) in [6.07, 6.45) is 2.72. The van der Waals surface area contributed by atoms with Gasteiger partial charge in [-0.2, -0.15) is 5.26 Å². The van der Waals surface area contributed by atoms with Crippen LogP contribution in [0, 0.1) is 11.3 Å². The number of nitrogens with zero attached hydrogens (tertiary/aromatic N) is 2. The molecule has 9 heteroatoms. The van der Waals surface area contributed by atoms with Crippen molar-refractivity contribution in [3.05, 3.63) is 39.8 Å². The molecule has 2 aromatic rings. The Bertz CT molecular complexity index is 1130. The molecule has 0 bridgehead atoms. The molecule has 2 heterocycles. The van der Waals surface area contributed by atoms with Crippen molar-refractivity contribution in [3.63, 3.8) is 0 Å². The zero-order valence-electron chi connectivity index (χ0n) is 16.4. The Morgan fingerprint density at radius 3 is 2.83 bits per heavy atom. The van der Waals surface area contributed by atoms with E-state index in [1.807, 2.05) is 0 Å². The summed E-state index contributed by atoms with van der Waals surface area (Å²) in [5.41, 5.74) is 0.487. The smallest absolute Gasteiger partial charge is 0.335 e. The average molecular weight is 425 g/mol. The van der Waals surface area contributed by atoms with Crippen LogP contribution < -0.4 is 15.0 Å². The molecule has 0 unspecified atom stereocenters. The highest BCUT2D eigenvalue weighted by atomic mass is 32.1. The quantitative estimate of drug-likeness (QED) is 0.777. The number of carbonyl (C=O) groups is 3. The van der Waals surface area contributed by atoms with Crippen molar-refractivity contribution in [2.75, 3.05) is 16.8 Å². The molecule has 1 aromatic heterocycles. The van der Waals surface area contributed by atoms with Crippen molar-refractivity contribution < 1.29 is 24.2 Å². The maximum absolute atomic E-state index is 12.9. The SMILES string of the molecule is CC1(C)Oc2ccc(C(=O)O)cc2N(CC(=O)Nc2sc3c(c2C#N)CCC3)C1=O. The van der Waals surface area contributed by atoms with E-state index in [-0.39, 0.29) is 17.8 Å². The molecule has 4 rings (SSSR count). The second kappa shape index (κ2) is 7.15. The number of amides is 2. The summed E-state index contributed by atoms with van der Waals surface area (Å²) in [6, 6.07) is 6.36. The number of hydrogen-bond acceptors (Lipinski definition) is 6. The minimum absolute atomic E-state index is 0.0169. The van der Waals surface area contributed by atoms with Crippen LogP contribution in [0.5, 0.6) is 5.75 Å². The minimum Gasteiger partial charge on any atom is -0.478 e. The highest BCUT2D eigenvalue weighted by molar-refractivity contribution is 7.16. The number of ether oxygens (including phenoxy) is 1. The predicted molar refractivity (Wildman–Crippen MR) is 110 cm³/mol. The Morgan fingerprint density at radius 2 is 2.13 bits per heavy atom. The zero-order valence-corrected chi connectivity index (χ0v) is 17.3. The highest BCUT2D eigenvalue weighted by Gasteiger charge is 2.42. The number of fused-ring (bicyclic) bond motifs is 2. The van der Waals surface area contributed by atoms with E-state index in [2.05, 4.69) is 11.4 Å². The molecule has 0 fully saturated rings. The maximum atomic E-state index is 12.9. The van der Waals surface area contributed by atoms with Crippen LogP contribution in [-0.4, -0.2) is 35.0 Å². The van der Waals surface area contributed by atoms with Gasteiger partial charge in [0.1, 0.15) is 23.4 Å². The molecule has 1 aliphatic heterocycles. The van der Waals surface area contributed by atoms with Gasteiger partial charge >= 0.3 is 5.97 Å². The zero-order chi connectivity index (χ0) is 21.6. The number of carbonyl (C=O) groups excluding carboxylic acids is 2. The Kier molecular flexibility index (Phi) is 4.74. The molecule has 0 atom stereocenters. The van der Waals surface area contributed by atoms with Gasteiger partial charge in [-0.25, -0.2) is 4.79 Å². The molecule has 0 radical (unpaired) electrons. The number of thiophene rings is 1. The topological polar surface area (TPSA) is 120 Å². The van der Waals surface area contributed by atoms with Crippen molar-refractivity contribution in [3.8, 4) is 11.8 Å². The second-order valence-electron chi connectivity index (χ2n) is 7.71. The standard InChI is InChI=1S/C21H19N3O5S/c1-21(2)20(28)24(14-8-11(19(26)27)6-7-15(14)29-21)10-17(25)23-18-13(9-22)12-4-3-5-16(12)30-18/h6-8H,3-5,10H2,1-2H3,(H,23,25)(H,26,27). The molecule has 0 saturated carbocycles. The third kappa shape index (κ3) is 3.29. The van der Waals surface area contributed by atoms with Crippen LogP contribution in [0.4, 0.5) is 10.7 Å². The molecule has 8 nitrogen and oxygen atoms in total. The lowest BCUT2D eigenvalue weighted by molar-refractivity contribution is -0.133. The van der Waals surface area contributed by atoms with Crippen LogP contribution in [0.1, 0.15) is 46.6 Å². The lowest BCUT2D eigenvalue weighted by Gasteiger charge is -2.38. The number of benzene rings is 1. The summed E-state index contributed by atoms with van der Waals surface area (Å²) in [7, 11) is 0. The summed E-state index contributed by atoms with van der Waals surface area (Å²) in [5.74, 6) is -1.75. The van der Waals surface area contributed by atoms with Gasteiger partial charge in [0.2, 0.25) is 5.91 Å². The van der Waals surface area contributed by atoms with Crippen molar-refractivity contribution in [2.24, 2.45) is 0 Å². The summed E-state index contributed by atoms with van der Waals surface area (Å²) >= 11 is 1.40. The fraction of sp³-hybridized carbons (Fsp3) is 0.333. The van der Waals surface area contributed by atoms with Crippen LogP contribution in [0.15, 0.2) is 18.2 Å². The number of carboxylic acid groups (broad SMARTS) is 1. The van der Waals surface area contributed by atoms with Crippen molar-refractivity contribution in [2.45, 2.75) is 38.7 Å². The highest BCUT2D eigenvalue weighted by Crippen LogP contribution is 2.40. The third-order valence-electron chi connectivity index (χ3n) is 5.21. The molecule has 154 valence electrons. The van der Waals surface area contributed by atoms with Gasteiger partial charge in [0.05, 0.1) is 16.8 Å². The second-order valence-corrected chi connectivity index (χ2v) is 8.82. The Hall–Kier alpha value is -3.38. The van der Waals surface area contributed by atoms with E-state index in [0.29, 0.717) is 16.3 Å². The first-order valence-corrected chi connectivity index (χ1v) is 10.3. The van der Waals surface area contributed by atoms with Crippen LogP contribution >= 0.6 is 11.3 Å².